The summed E-state index contributed by atoms with van der Waals surface area (Å²) >= 11 is 0. The second-order valence-corrected chi connectivity index (χ2v) is 3.48. The van der Waals surface area contributed by atoms with Crippen LogP contribution in [0.5, 0.6) is 0 Å². The third kappa shape index (κ3) is 2.38. The molecule has 2 rings (SSSR count). The van der Waals surface area contributed by atoms with Gasteiger partial charge in [-0.15, -0.1) is 0 Å². The maximum Gasteiger partial charge on any atom is 0.0665 e. The molecule has 0 aliphatic carbocycles. The van der Waals surface area contributed by atoms with Crippen LogP contribution < -0.4 is 5.73 Å². The minimum atomic E-state index is 0.677. The fourth-order valence-corrected chi connectivity index (χ4v) is 1.53. The van der Waals surface area contributed by atoms with Crippen LogP contribution in [-0.4, -0.2) is 16.3 Å². The van der Waals surface area contributed by atoms with Crippen LogP contribution in [0.25, 0.3) is 11.8 Å². The first-order valence-corrected chi connectivity index (χ1v) is 5.38. The summed E-state index contributed by atoms with van der Waals surface area (Å²) in [4.78, 5) is 0. The smallest absolute Gasteiger partial charge is 0.0665 e. The molecule has 2 aromatic rings. The summed E-state index contributed by atoms with van der Waals surface area (Å²) in [6.07, 6.45) is 6.80. The van der Waals surface area contributed by atoms with E-state index in [1.54, 1.807) is 6.20 Å². The highest BCUT2D eigenvalue weighted by molar-refractivity contribution is 5.48. The van der Waals surface area contributed by atoms with Gasteiger partial charge < -0.3 is 5.73 Å². The van der Waals surface area contributed by atoms with E-state index < -0.39 is 0 Å². The predicted molar refractivity (Wildman–Crippen MR) is 66.3 cm³/mol. The lowest BCUT2D eigenvalue weighted by molar-refractivity contribution is 0.870. The van der Waals surface area contributed by atoms with Crippen LogP contribution in [0.1, 0.15) is 12.1 Å². The van der Waals surface area contributed by atoms with E-state index >= 15 is 0 Å². The number of nitrogens with zero attached hydrogens (tertiary/aromatic N) is 2. The molecule has 1 aromatic heterocycles. The Morgan fingerprint density at radius 3 is 2.75 bits per heavy atom. The molecule has 2 N–H and O–H groups in total. The number of hydrogen-bond donors (Lipinski definition) is 1. The van der Waals surface area contributed by atoms with Crippen molar-refractivity contribution < 1.29 is 0 Å². The highest BCUT2D eigenvalue weighted by Crippen LogP contribution is 2.11. The molecule has 0 aliphatic heterocycles. The molecule has 0 fully saturated rings. The van der Waals surface area contributed by atoms with Crippen LogP contribution in [0.15, 0.2) is 48.7 Å². The van der Waals surface area contributed by atoms with E-state index in [1.807, 2.05) is 47.2 Å². The van der Waals surface area contributed by atoms with Crippen LogP contribution in [-0.2, 0) is 0 Å². The zero-order valence-electron chi connectivity index (χ0n) is 9.08. The van der Waals surface area contributed by atoms with Gasteiger partial charge in [0.25, 0.3) is 0 Å². The van der Waals surface area contributed by atoms with Gasteiger partial charge in [0, 0.05) is 0 Å². The quantitative estimate of drug-likeness (QED) is 0.846. The molecule has 0 aliphatic rings. The van der Waals surface area contributed by atoms with Gasteiger partial charge in [0.2, 0.25) is 0 Å². The Morgan fingerprint density at radius 1 is 1.19 bits per heavy atom. The maximum atomic E-state index is 5.44. The molecule has 0 radical (unpaired) electrons. The van der Waals surface area contributed by atoms with Crippen LogP contribution in [0.3, 0.4) is 0 Å². The van der Waals surface area contributed by atoms with Gasteiger partial charge in [-0.2, -0.15) is 5.10 Å². The van der Waals surface area contributed by atoms with Crippen molar-refractivity contribution in [3.63, 3.8) is 0 Å². The molecule has 3 nitrogen and oxygen atoms in total. The molecule has 0 spiro atoms. The summed E-state index contributed by atoms with van der Waals surface area (Å²) in [6.45, 7) is 0.677. The van der Waals surface area contributed by atoms with Gasteiger partial charge in [0.15, 0.2) is 0 Å². The van der Waals surface area contributed by atoms with E-state index in [1.165, 1.54) is 0 Å². The summed E-state index contributed by atoms with van der Waals surface area (Å²) in [5.41, 5.74) is 7.58. The Balaban J connectivity index is 2.26. The Kier molecular flexibility index (Phi) is 3.51. The molecule has 1 aromatic carbocycles. The van der Waals surface area contributed by atoms with Crippen molar-refractivity contribution in [3.8, 4) is 5.69 Å². The van der Waals surface area contributed by atoms with Crippen molar-refractivity contribution in [1.29, 1.82) is 0 Å². The van der Waals surface area contributed by atoms with Crippen LogP contribution in [0.4, 0.5) is 0 Å². The number of rotatable bonds is 4. The lowest BCUT2D eigenvalue weighted by Crippen LogP contribution is -1.98. The normalized spacial score (nSPS) is 11.1. The highest BCUT2D eigenvalue weighted by atomic mass is 15.3. The molecule has 82 valence electrons. The molecule has 0 atom stereocenters. The zero-order valence-corrected chi connectivity index (χ0v) is 9.08. The van der Waals surface area contributed by atoms with Crippen molar-refractivity contribution in [2.75, 3.05) is 6.54 Å². The molecule has 1 heterocycles. The Morgan fingerprint density at radius 2 is 2.00 bits per heavy atom. The summed E-state index contributed by atoms with van der Waals surface area (Å²) in [5.74, 6) is 0. The summed E-state index contributed by atoms with van der Waals surface area (Å²) in [7, 11) is 0. The summed E-state index contributed by atoms with van der Waals surface area (Å²) in [6, 6.07) is 12.1. The average Bonchev–Trinajstić information content (AvgIpc) is 2.79. The van der Waals surface area contributed by atoms with Gasteiger partial charge >= 0.3 is 0 Å². The fourth-order valence-electron chi connectivity index (χ4n) is 1.53. The van der Waals surface area contributed by atoms with E-state index in [2.05, 4.69) is 11.2 Å². The summed E-state index contributed by atoms with van der Waals surface area (Å²) < 4.78 is 1.91. The summed E-state index contributed by atoms with van der Waals surface area (Å²) in [5, 5.41) is 4.30. The molecular formula is C13H15N3. The Bertz CT molecular complexity index is 457. The minimum absolute atomic E-state index is 0.677. The first-order valence-electron chi connectivity index (χ1n) is 5.38. The first-order chi connectivity index (χ1) is 7.92. The van der Waals surface area contributed by atoms with Crippen molar-refractivity contribution in [1.82, 2.24) is 9.78 Å². The zero-order chi connectivity index (χ0) is 11.2. The standard InChI is InChI=1S/C13H15N3/c14-10-5-4-8-13-9-11-15-16(13)12-6-2-1-3-7-12/h1-4,6-9,11H,5,10,14H2/b8-4+. The van der Waals surface area contributed by atoms with Gasteiger partial charge in [-0.3, -0.25) is 0 Å². The van der Waals surface area contributed by atoms with Crippen LogP contribution in [0.2, 0.25) is 0 Å². The van der Waals surface area contributed by atoms with Crippen molar-refractivity contribution in [2.45, 2.75) is 6.42 Å². The number of para-hydroxylation sites is 1. The number of benzene rings is 1. The number of hydrogen-bond acceptors (Lipinski definition) is 2. The van der Waals surface area contributed by atoms with Crippen molar-refractivity contribution >= 4 is 6.08 Å². The van der Waals surface area contributed by atoms with Crippen molar-refractivity contribution in [2.24, 2.45) is 5.73 Å². The molecule has 0 bridgehead atoms. The van der Waals surface area contributed by atoms with Crippen LogP contribution >= 0.6 is 0 Å². The van der Waals surface area contributed by atoms with Gasteiger partial charge in [-0.25, -0.2) is 4.68 Å². The molecule has 0 unspecified atom stereocenters. The van der Waals surface area contributed by atoms with E-state index in [0.717, 1.165) is 17.8 Å². The van der Waals surface area contributed by atoms with Gasteiger partial charge in [0.1, 0.15) is 0 Å². The maximum absolute atomic E-state index is 5.44. The molecule has 3 heteroatoms. The van der Waals surface area contributed by atoms with E-state index in [4.69, 9.17) is 5.73 Å². The molecule has 16 heavy (non-hydrogen) atoms. The van der Waals surface area contributed by atoms with E-state index in [-0.39, 0.29) is 0 Å². The molecular weight excluding hydrogens is 198 g/mol. The third-order valence-electron chi connectivity index (χ3n) is 2.29. The molecule has 0 saturated heterocycles. The van der Waals surface area contributed by atoms with Crippen molar-refractivity contribution in [3.05, 3.63) is 54.4 Å². The van der Waals surface area contributed by atoms with Crippen LogP contribution in [0, 0.1) is 0 Å². The molecule has 0 amide bonds. The highest BCUT2D eigenvalue weighted by Gasteiger charge is 2.00. The lowest BCUT2D eigenvalue weighted by Gasteiger charge is -2.03. The van der Waals surface area contributed by atoms with Gasteiger partial charge in [0.05, 0.1) is 17.6 Å². The topological polar surface area (TPSA) is 43.8 Å². The first kappa shape index (κ1) is 10.6. The van der Waals surface area contributed by atoms with Gasteiger partial charge in [-0.1, -0.05) is 24.3 Å². The monoisotopic (exact) mass is 213 g/mol. The third-order valence-corrected chi connectivity index (χ3v) is 2.29. The predicted octanol–water partition coefficient (Wildman–Crippen LogP) is 2.23. The second-order valence-electron chi connectivity index (χ2n) is 3.48. The number of aromatic nitrogens is 2. The minimum Gasteiger partial charge on any atom is -0.330 e. The van der Waals surface area contributed by atoms with Gasteiger partial charge in [-0.05, 0) is 37.2 Å². The van der Waals surface area contributed by atoms with E-state index in [9.17, 15) is 0 Å². The SMILES string of the molecule is NCC/C=C/c1ccnn1-c1ccccc1. The Hall–Kier alpha value is -1.87. The second kappa shape index (κ2) is 5.28. The largest absolute Gasteiger partial charge is 0.330 e. The van der Waals surface area contributed by atoms with E-state index in [0.29, 0.717) is 6.54 Å². The Labute approximate surface area is 95.2 Å². The lowest BCUT2D eigenvalue weighted by atomic mass is 10.3. The number of nitrogens with two attached hydrogens (primary N) is 1. The molecule has 0 saturated carbocycles. The fraction of sp³-hybridized carbons (Fsp3) is 0.154. The average molecular weight is 213 g/mol.